The van der Waals surface area contributed by atoms with E-state index < -0.39 is 11.6 Å². The summed E-state index contributed by atoms with van der Waals surface area (Å²) in [7, 11) is 1.33. The van der Waals surface area contributed by atoms with Gasteiger partial charge in [-0.05, 0) is 6.07 Å². The maximum Gasteiger partial charge on any atom is 0.194 e. The third-order valence-corrected chi connectivity index (χ3v) is 1.65. The number of hydrogen-bond donors (Lipinski definition) is 1. The smallest absolute Gasteiger partial charge is 0.194 e. The van der Waals surface area contributed by atoms with Gasteiger partial charge in [0.05, 0.1) is 19.6 Å². The minimum Gasteiger partial charge on any atom is -0.502 e. The van der Waals surface area contributed by atoms with Crippen LogP contribution in [0.25, 0.3) is 0 Å². The van der Waals surface area contributed by atoms with Crippen LogP contribution in [0.2, 0.25) is 0 Å². The molecule has 0 unspecified atom stereocenters. The fourth-order valence-electron chi connectivity index (χ4n) is 0.975. The van der Waals surface area contributed by atoms with Crippen LogP contribution in [0.3, 0.4) is 0 Å². The number of aromatic hydroxyl groups is 1. The Morgan fingerprint density at radius 2 is 2.31 bits per heavy atom. The zero-order valence-corrected chi connectivity index (χ0v) is 7.04. The SMILES string of the molecule is COc1ccc(CC#N)c(F)c1O. The Balaban J connectivity index is 3.17. The zero-order valence-electron chi connectivity index (χ0n) is 7.04. The second-order valence-electron chi connectivity index (χ2n) is 2.42. The number of rotatable bonds is 2. The van der Waals surface area contributed by atoms with Crippen molar-refractivity contribution in [2.45, 2.75) is 6.42 Å². The number of benzene rings is 1. The Bertz CT molecular complexity index is 357. The van der Waals surface area contributed by atoms with Crippen LogP contribution in [0, 0.1) is 17.1 Å². The molecule has 0 aliphatic rings. The van der Waals surface area contributed by atoms with Gasteiger partial charge in [0.25, 0.3) is 0 Å². The molecule has 3 nitrogen and oxygen atoms in total. The van der Waals surface area contributed by atoms with Crippen molar-refractivity contribution < 1.29 is 14.2 Å². The highest BCUT2D eigenvalue weighted by molar-refractivity contribution is 5.43. The molecule has 0 saturated carbocycles. The highest BCUT2D eigenvalue weighted by Gasteiger charge is 2.11. The number of hydrogen-bond acceptors (Lipinski definition) is 3. The molecule has 1 N–H and O–H groups in total. The van der Waals surface area contributed by atoms with Crippen LogP contribution in [0.1, 0.15) is 5.56 Å². The van der Waals surface area contributed by atoms with E-state index in [2.05, 4.69) is 4.74 Å². The Labute approximate surface area is 75.0 Å². The number of nitrogens with zero attached hydrogens (tertiary/aromatic N) is 1. The number of halogens is 1. The molecule has 0 aliphatic carbocycles. The lowest BCUT2D eigenvalue weighted by molar-refractivity contribution is 0.356. The van der Waals surface area contributed by atoms with E-state index in [1.807, 2.05) is 0 Å². The fraction of sp³-hybridized carbons (Fsp3) is 0.222. The molecule has 1 rings (SSSR count). The summed E-state index contributed by atoms with van der Waals surface area (Å²) in [5.74, 6) is -1.27. The highest BCUT2D eigenvalue weighted by atomic mass is 19.1. The van der Waals surface area contributed by atoms with E-state index in [4.69, 9.17) is 5.26 Å². The van der Waals surface area contributed by atoms with Crippen molar-refractivity contribution in [1.29, 1.82) is 5.26 Å². The zero-order chi connectivity index (χ0) is 9.84. The van der Waals surface area contributed by atoms with Gasteiger partial charge in [-0.3, -0.25) is 0 Å². The summed E-state index contributed by atoms with van der Waals surface area (Å²) in [6.07, 6.45) is -0.0661. The minimum atomic E-state index is -0.791. The van der Waals surface area contributed by atoms with Crippen molar-refractivity contribution in [3.8, 4) is 17.6 Å². The second kappa shape index (κ2) is 3.76. The molecule has 0 spiro atoms. The molecule has 0 aromatic heterocycles. The van der Waals surface area contributed by atoms with Gasteiger partial charge in [0.1, 0.15) is 0 Å². The lowest BCUT2D eigenvalue weighted by Crippen LogP contribution is -1.92. The van der Waals surface area contributed by atoms with E-state index in [0.29, 0.717) is 0 Å². The third kappa shape index (κ3) is 1.70. The molecule has 0 heterocycles. The van der Waals surface area contributed by atoms with Crippen LogP contribution in [-0.2, 0) is 6.42 Å². The molecule has 4 heteroatoms. The topological polar surface area (TPSA) is 53.2 Å². The van der Waals surface area contributed by atoms with E-state index in [1.165, 1.54) is 19.2 Å². The van der Waals surface area contributed by atoms with Crippen molar-refractivity contribution in [3.05, 3.63) is 23.5 Å². The Kier molecular flexibility index (Phi) is 2.70. The van der Waals surface area contributed by atoms with E-state index in [0.717, 1.165) is 0 Å². The predicted molar refractivity (Wildman–Crippen MR) is 43.9 cm³/mol. The number of methoxy groups -OCH3 is 1. The van der Waals surface area contributed by atoms with Crippen LogP contribution in [-0.4, -0.2) is 12.2 Å². The van der Waals surface area contributed by atoms with Crippen molar-refractivity contribution in [3.63, 3.8) is 0 Å². The monoisotopic (exact) mass is 181 g/mol. The van der Waals surface area contributed by atoms with Crippen molar-refractivity contribution in [2.75, 3.05) is 7.11 Å². The summed E-state index contributed by atoms with van der Waals surface area (Å²) in [6, 6.07) is 4.63. The van der Waals surface area contributed by atoms with Crippen LogP contribution in [0.4, 0.5) is 4.39 Å². The summed E-state index contributed by atoms with van der Waals surface area (Å²) < 4.78 is 17.8. The first-order valence-electron chi connectivity index (χ1n) is 3.62. The Morgan fingerprint density at radius 3 is 2.85 bits per heavy atom. The first-order chi connectivity index (χ1) is 6.20. The van der Waals surface area contributed by atoms with Gasteiger partial charge < -0.3 is 9.84 Å². The molecule has 0 amide bonds. The minimum absolute atomic E-state index is 0.0661. The average Bonchev–Trinajstić information content (AvgIpc) is 2.14. The lowest BCUT2D eigenvalue weighted by atomic mass is 10.1. The van der Waals surface area contributed by atoms with Gasteiger partial charge in [0, 0.05) is 5.56 Å². The summed E-state index contributed by atoms with van der Waals surface area (Å²) in [5.41, 5.74) is 0.167. The van der Waals surface area contributed by atoms with Crippen LogP contribution in [0.5, 0.6) is 11.5 Å². The average molecular weight is 181 g/mol. The molecule has 0 atom stereocenters. The Hall–Kier alpha value is -1.76. The molecule has 68 valence electrons. The normalized spacial score (nSPS) is 9.31. The van der Waals surface area contributed by atoms with Gasteiger partial charge >= 0.3 is 0 Å². The van der Waals surface area contributed by atoms with E-state index in [9.17, 15) is 9.50 Å². The molecular weight excluding hydrogens is 173 g/mol. The number of nitriles is 1. The van der Waals surface area contributed by atoms with Crippen molar-refractivity contribution in [1.82, 2.24) is 0 Å². The fourth-order valence-corrected chi connectivity index (χ4v) is 0.975. The quantitative estimate of drug-likeness (QED) is 0.754. The van der Waals surface area contributed by atoms with Gasteiger partial charge in [0.2, 0.25) is 0 Å². The molecule has 0 radical (unpaired) electrons. The first-order valence-corrected chi connectivity index (χ1v) is 3.62. The van der Waals surface area contributed by atoms with Crippen molar-refractivity contribution in [2.24, 2.45) is 0 Å². The largest absolute Gasteiger partial charge is 0.502 e. The molecule has 0 fully saturated rings. The van der Waals surface area contributed by atoms with Gasteiger partial charge in [-0.25, -0.2) is 4.39 Å². The predicted octanol–water partition coefficient (Wildman–Crippen LogP) is 1.61. The first kappa shape index (κ1) is 9.33. The maximum atomic E-state index is 13.2. The standard InChI is InChI=1S/C9H8FNO2/c1-13-7-3-2-6(4-5-11)8(10)9(7)12/h2-3,12H,4H2,1H3. The molecule has 1 aromatic rings. The summed E-state index contributed by atoms with van der Waals surface area (Å²) in [4.78, 5) is 0. The molecular formula is C9H8FNO2. The third-order valence-electron chi connectivity index (χ3n) is 1.65. The summed E-state index contributed by atoms with van der Waals surface area (Å²) >= 11 is 0. The molecule has 1 aromatic carbocycles. The number of phenolic OH excluding ortho intramolecular Hbond substituents is 1. The van der Waals surface area contributed by atoms with Crippen LogP contribution < -0.4 is 4.74 Å². The van der Waals surface area contributed by atoms with E-state index >= 15 is 0 Å². The highest BCUT2D eigenvalue weighted by Crippen LogP contribution is 2.30. The molecule has 0 bridgehead atoms. The maximum absolute atomic E-state index is 13.2. The number of phenols is 1. The van der Waals surface area contributed by atoms with E-state index in [-0.39, 0.29) is 17.7 Å². The van der Waals surface area contributed by atoms with Gasteiger partial charge in [-0.1, -0.05) is 6.07 Å². The van der Waals surface area contributed by atoms with Crippen LogP contribution in [0.15, 0.2) is 12.1 Å². The molecule has 13 heavy (non-hydrogen) atoms. The van der Waals surface area contributed by atoms with Gasteiger partial charge in [0.15, 0.2) is 17.3 Å². The Morgan fingerprint density at radius 1 is 1.62 bits per heavy atom. The number of ether oxygens (including phenoxy) is 1. The molecule has 0 aliphatic heterocycles. The van der Waals surface area contributed by atoms with Gasteiger partial charge in [-0.15, -0.1) is 0 Å². The lowest BCUT2D eigenvalue weighted by Gasteiger charge is -2.05. The van der Waals surface area contributed by atoms with Gasteiger partial charge in [-0.2, -0.15) is 5.26 Å². The van der Waals surface area contributed by atoms with Crippen LogP contribution >= 0.6 is 0 Å². The van der Waals surface area contributed by atoms with E-state index in [1.54, 1.807) is 6.07 Å². The van der Waals surface area contributed by atoms with Crippen molar-refractivity contribution >= 4 is 0 Å². The second-order valence-corrected chi connectivity index (χ2v) is 2.42. The summed E-state index contributed by atoms with van der Waals surface area (Å²) in [5, 5.41) is 17.5. The molecule has 0 saturated heterocycles. The summed E-state index contributed by atoms with van der Waals surface area (Å²) in [6.45, 7) is 0.